The SMILES string of the molecule is CC/C=C\C/C=C\C/C=C\C/C=C\C/C=C\C/C=C\CCCCCCC(=O)OCC(COC(=O)CCCCCCCCC/C=C\C/C=C\C/C=C\CC)OC(=O)CCC/C=C\C/C=C\C/C=C\C/C=C\C/C=C\CC. The summed E-state index contributed by atoms with van der Waals surface area (Å²) < 4.78 is 16.8. The highest BCUT2D eigenvalue weighted by Gasteiger charge is 2.19. The fourth-order valence-corrected chi connectivity index (χ4v) is 7.38. The van der Waals surface area contributed by atoms with Crippen molar-refractivity contribution in [1.29, 1.82) is 0 Å². The highest BCUT2D eigenvalue weighted by atomic mass is 16.6. The van der Waals surface area contributed by atoms with Gasteiger partial charge in [-0.3, -0.25) is 14.4 Å². The van der Waals surface area contributed by atoms with Gasteiger partial charge >= 0.3 is 17.9 Å². The van der Waals surface area contributed by atoms with Crippen LogP contribution in [0.3, 0.4) is 0 Å². The Bertz CT molecular complexity index is 1750. The molecule has 0 spiro atoms. The van der Waals surface area contributed by atoms with Crippen LogP contribution in [0.2, 0.25) is 0 Å². The third-order valence-corrected chi connectivity index (χ3v) is 11.7. The predicted octanol–water partition coefficient (Wildman–Crippen LogP) is 20.3. The molecule has 0 bridgehead atoms. The van der Waals surface area contributed by atoms with Crippen LogP contribution >= 0.6 is 0 Å². The molecule has 6 nitrogen and oxygen atoms in total. The van der Waals surface area contributed by atoms with Gasteiger partial charge in [0.25, 0.3) is 0 Å². The Hall–Kier alpha value is -5.23. The average Bonchev–Trinajstić information content (AvgIpc) is 3.41. The molecule has 0 aromatic carbocycles. The van der Waals surface area contributed by atoms with Crippen molar-refractivity contribution in [2.75, 3.05) is 13.2 Å². The molecule has 0 aromatic heterocycles. The molecule has 0 radical (unpaired) electrons. The Morgan fingerprint density at radius 1 is 0.267 bits per heavy atom. The topological polar surface area (TPSA) is 78.9 Å². The lowest BCUT2D eigenvalue weighted by atomic mass is 10.1. The van der Waals surface area contributed by atoms with E-state index < -0.39 is 6.10 Å². The summed E-state index contributed by atoms with van der Waals surface area (Å²) in [5, 5.41) is 0. The van der Waals surface area contributed by atoms with Crippen LogP contribution < -0.4 is 0 Å². The summed E-state index contributed by atoms with van der Waals surface area (Å²) in [6, 6.07) is 0. The zero-order valence-electron chi connectivity index (χ0n) is 47.7. The van der Waals surface area contributed by atoms with Crippen molar-refractivity contribution < 1.29 is 28.6 Å². The lowest BCUT2D eigenvalue weighted by Gasteiger charge is -2.18. The van der Waals surface area contributed by atoms with E-state index in [1.54, 1.807) is 0 Å². The second-order valence-corrected chi connectivity index (χ2v) is 18.8. The molecule has 0 saturated heterocycles. The maximum atomic E-state index is 12.9. The number of unbranched alkanes of at least 4 members (excludes halogenated alkanes) is 12. The molecule has 0 N–H and O–H groups in total. The van der Waals surface area contributed by atoms with Crippen LogP contribution in [-0.2, 0) is 28.6 Å². The highest BCUT2D eigenvalue weighted by Crippen LogP contribution is 2.13. The minimum absolute atomic E-state index is 0.123. The van der Waals surface area contributed by atoms with Gasteiger partial charge < -0.3 is 14.2 Å². The molecule has 0 heterocycles. The van der Waals surface area contributed by atoms with Gasteiger partial charge in [0.1, 0.15) is 13.2 Å². The number of allylic oxidation sites excluding steroid dienone is 28. The van der Waals surface area contributed by atoms with Crippen molar-refractivity contribution >= 4 is 17.9 Å². The number of carbonyl (C=O) groups is 3. The van der Waals surface area contributed by atoms with Gasteiger partial charge in [-0.15, -0.1) is 0 Å². The van der Waals surface area contributed by atoms with Crippen LogP contribution in [-0.4, -0.2) is 37.2 Å². The molecule has 1 unspecified atom stereocenters. The van der Waals surface area contributed by atoms with E-state index in [0.717, 1.165) is 154 Å². The van der Waals surface area contributed by atoms with Crippen molar-refractivity contribution in [2.24, 2.45) is 0 Å². The molecule has 0 fully saturated rings. The third kappa shape index (κ3) is 59.5. The molecule has 418 valence electrons. The minimum Gasteiger partial charge on any atom is -0.462 e. The predicted molar refractivity (Wildman–Crippen MR) is 325 cm³/mol. The number of hydrogen-bond acceptors (Lipinski definition) is 6. The van der Waals surface area contributed by atoms with Gasteiger partial charge in [-0.05, 0) is 141 Å². The lowest BCUT2D eigenvalue weighted by Crippen LogP contribution is -2.30. The van der Waals surface area contributed by atoms with Crippen LogP contribution in [0.25, 0.3) is 0 Å². The Labute approximate surface area is 460 Å². The summed E-state index contributed by atoms with van der Waals surface area (Å²) in [6.07, 6.45) is 90.6. The third-order valence-electron chi connectivity index (χ3n) is 11.7. The molecule has 0 aromatic rings. The van der Waals surface area contributed by atoms with E-state index in [-0.39, 0.29) is 37.5 Å². The monoisotopic (exact) mass is 1030 g/mol. The van der Waals surface area contributed by atoms with Crippen LogP contribution in [0.5, 0.6) is 0 Å². The van der Waals surface area contributed by atoms with Crippen molar-refractivity contribution in [3.8, 4) is 0 Å². The van der Waals surface area contributed by atoms with Gasteiger partial charge in [-0.2, -0.15) is 0 Å². The van der Waals surface area contributed by atoms with E-state index in [2.05, 4.69) is 191 Å². The first-order valence-corrected chi connectivity index (χ1v) is 29.6. The highest BCUT2D eigenvalue weighted by molar-refractivity contribution is 5.71. The standard InChI is InChI=1S/C69H106O6/c1-4-7-10-13-16-19-22-25-28-31-32-33-34-35-36-39-41-44-47-50-53-56-59-62-68(71)74-65-66(75-69(72)63-60-57-54-51-48-45-42-38-30-27-24-21-18-15-12-9-6-3)64-73-67(70)61-58-55-52-49-46-43-40-37-29-26-23-20-17-14-11-8-5-2/h7-12,16-21,25-30,32-33,35-36,41-42,44-45,51,54,66H,4-6,13-15,22-24,31,34,37-40,43,46-50,52-53,55-65H2,1-3H3/b10-7-,11-8-,12-9-,19-16-,20-17-,21-18-,28-25-,29-26-,30-27-,33-32-,36-35-,44-41-,45-42-,54-51-. The first-order chi connectivity index (χ1) is 37.0. The number of carbonyl (C=O) groups excluding carboxylic acids is 3. The van der Waals surface area contributed by atoms with E-state index in [4.69, 9.17) is 14.2 Å². The second kappa shape index (κ2) is 61.3. The second-order valence-electron chi connectivity index (χ2n) is 18.8. The van der Waals surface area contributed by atoms with Gasteiger partial charge in [-0.1, -0.05) is 236 Å². The largest absolute Gasteiger partial charge is 0.462 e. The van der Waals surface area contributed by atoms with Gasteiger partial charge in [-0.25, -0.2) is 0 Å². The van der Waals surface area contributed by atoms with Crippen LogP contribution in [0.1, 0.15) is 226 Å². The van der Waals surface area contributed by atoms with E-state index in [1.165, 1.54) is 25.7 Å². The van der Waals surface area contributed by atoms with E-state index >= 15 is 0 Å². The number of hydrogen-bond donors (Lipinski definition) is 0. The summed E-state index contributed by atoms with van der Waals surface area (Å²) in [6.45, 7) is 6.21. The maximum Gasteiger partial charge on any atom is 0.306 e. The van der Waals surface area contributed by atoms with Crippen molar-refractivity contribution in [3.05, 3.63) is 170 Å². The summed E-state index contributed by atoms with van der Waals surface area (Å²) in [5.41, 5.74) is 0. The number of ether oxygens (including phenoxy) is 3. The average molecular weight is 1030 g/mol. The maximum absolute atomic E-state index is 12.9. The molecule has 6 heteroatoms. The van der Waals surface area contributed by atoms with Crippen molar-refractivity contribution in [1.82, 2.24) is 0 Å². The van der Waals surface area contributed by atoms with Gasteiger partial charge in [0.15, 0.2) is 6.10 Å². The Morgan fingerprint density at radius 2 is 0.493 bits per heavy atom. The Balaban J connectivity index is 4.56. The molecular weight excluding hydrogens is 925 g/mol. The first kappa shape index (κ1) is 69.8. The summed E-state index contributed by atoms with van der Waals surface area (Å²) in [4.78, 5) is 38.2. The van der Waals surface area contributed by atoms with Crippen LogP contribution in [0, 0.1) is 0 Å². The number of esters is 3. The van der Waals surface area contributed by atoms with Crippen LogP contribution in [0.15, 0.2) is 170 Å². The molecule has 0 aliphatic heterocycles. The van der Waals surface area contributed by atoms with Gasteiger partial charge in [0.05, 0.1) is 0 Å². The van der Waals surface area contributed by atoms with E-state index in [9.17, 15) is 14.4 Å². The molecule has 75 heavy (non-hydrogen) atoms. The molecule has 0 rings (SSSR count). The fraction of sp³-hybridized carbons (Fsp3) is 0.551. The smallest absolute Gasteiger partial charge is 0.306 e. The molecular formula is C69H106O6. The molecule has 0 amide bonds. The normalized spacial score (nSPS) is 13.4. The molecule has 0 aliphatic rings. The zero-order valence-corrected chi connectivity index (χ0v) is 47.7. The fourth-order valence-electron chi connectivity index (χ4n) is 7.38. The van der Waals surface area contributed by atoms with Gasteiger partial charge in [0.2, 0.25) is 0 Å². The first-order valence-electron chi connectivity index (χ1n) is 29.6. The number of rotatable bonds is 51. The van der Waals surface area contributed by atoms with E-state index in [1.807, 2.05) is 0 Å². The van der Waals surface area contributed by atoms with Gasteiger partial charge in [0, 0.05) is 19.3 Å². The quantitative estimate of drug-likeness (QED) is 0.0261. The zero-order chi connectivity index (χ0) is 54.3. The van der Waals surface area contributed by atoms with Crippen molar-refractivity contribution in [2.45, 2.75) is 232 Å². The Kier molecular flexibility index (Phi) is 57.0. The summed E-state index contributed by atoms with van der Waals surface area (Å²) in [7, 11) is 0. The molecule has 1 atom stereocenters. The molecule has 0 saturated carbocycles. The van der Waals surface area contributed by atoms with Crippen molar-refractivity contribution in [3.63, 3.8) is 0 Å². The Morgan fingerprint density at radius 3 is 0.787 bits per heavy atom. The van der Waals surface area contributed by atoms with E-state index in [0.29, 0.717) is 19.3 Å². The minimum atomic E-state index is -0.834. The summed E-state index contributed by atoms with van der Waals surface area (Å²) in [5.74, 6) is -1.03. The summed E-state index contributed by atoms with van der Waals surface area (Å²) >= 11 is 0. The lowest BCUT2D eigenvalue weighted by molar-refractivity contribution is -0.167. The molecule has 0 aliphatic carbocycles. The van der Waals surface area contributed by atoms with Crippen LogP contribution in [0.4, 0.5) is 0 Å².